The minimum Gasteiger partial charge on any atom is -0.323 e. The number of carbonyl (C=O) groups excluding carboxylic acids is 1. The number of likely N-dealkylation sites (tertiary alicyclic amines) is 1. The van der Waals surface area contributed by atoms with Crippen LogP contribution in [0.25, 0.3) is 0 Å². The molecule has 2 fully saturated rings. The van der Waals surface area contributed by atoms with Crippen molar-refractivity contribution in [3.63, 3.8) is 0 Å². The molecule has 28 heavy (non-hydrogen) atoms. The second-order valence-corrected chi connectivity index (χ2v) is 8.49. The van der Waals surface area contributed by atoms with Crippen molar-refractivity contribution >= 4 is 23.2 Å². The first kappa shape index (κ1) is 19.5. The normalized spacial score (nSPS) is 26.0. The van der Waals surface area contributed by atoms with Gasteiger partial charge in [-0.25, -0.2) is 0 Å². The summed E-state index contributed by atoms with van der Waals surface area (Å²) in [6.45, 7) is 1.01. The summed E-state index contributed by atoms with van der Waals surface area (Å²) < 4.78 is 0. The predicted molar refractivity (Wildman–Crippen MR) is 116 cm³/mol. The zero-order chi connectivity index (χ0) is 19.3. The summed E-state index contributed by atoms with van der Waals surface area (Å²) in [5.74, 6) is 0.605. The summed E-state index contributed by atoms with van der Waals surface area (Å²) in [6, 6.07) is 18.7. The number of hydrogen-bond acceptors (Lipinski definition) is 2. The lowest BCUT2D eigenvalue weighted by atomic mass is 9.78. The molecule has 1 N–H and O–H groups in total. The summed E-state index contributed by atoms with van der Waals surface area (Å²) in [5, 5.41) is 3.69. The number of nitrogens with zero attached hydrogens (tertiary/aromatic N) is 1. The second-order valence-electron chi connectivity index (χ2n) is 8.09. The molecule has 1 aliphatic carbocycles. The molecule has 3 nitrogen and oxygen atoms in total. The highest BCUT2D eigenvalue weighted by Crippen LogP contribution is 2.39. The number of benzene rings is 2. The van der Waals surface area contributed by atoms with E-state index in [2.05, 4.69) is 40.5 Å². The number of halogens is 1. The quantitative estimate of drug-likeness (QED) is 0.701. The summed E-state index contributed by atoms with van der Waals surface area (Å²) in [5.41, 5.74) is 2.13. The molecular weight excluding hydrogens is 368 g/mol. The van der Waals surface area contributed by atoms with Crippen LogP contribution in [0.5, 0.6) is 0 Å². The fraction of sp³-hybridized carbons (Fsp3) is 0.458. The van der Waals surface area contributed by atoms with Crippen molar-refractivity contribution in [1.82, 2.24) is 4.90 Å². The molecule has 0 aromatic heterocycles. The molecule has 2 aromatic carbocycles. The van der Waals surface area contributed by atoms with E-state index in [4.69, 9.17) is 11.6 Å². The first-order chi connectivity index (χ1) is 13.7. The van der Waals surface area contributed by atoms with Crippen LogP contribution < -0.4 is 5.32 Å². The van der Waals surface area contributed by atoms with Gasteiger partial charge in [0.15, 0.2) is 0 Å². The Kier molecular flexibility index (Phi) is 6.33. The molecule has 4 heteroatoms. The van der Waals surface area contributed by atoms with Crippen LogP contribution in [0.3, 0.4) is 0 Å². The van der Waals surface area contributed by atoms with E-state index in [1.165, 1.54) is 37.7 Å². The van der Waals surface area contributed by atoms with Crippen molar-refractivity contribution < 1.29 is 4.79 Å². The molecule has 1 saturated carbocycles. The summed E-state index contributed by atoms with van der Waals surface area (Å²) in [4.78, 5) is 15.7. The van der Waals surface area contributed by atoms with Crippen LogP contribution in [0.4, 0.5) is 5.69 Å². The van der Waals surface area contributed by atoms with Gasteiger partial charge < -0.3 is 5.32 Å². The van der Waals surface area contributed by atoms with E-state index < -0.39 is 0 Å². The lowest BCUT2D eigenvalue weighted by Gasteiger charge is -2.45. The lowest BCUT2D eigenvalue weighted by molar-refractivity contribution is -0.124. The van der Waals surface area contributed by atoms with Crippen LogP contribution in [-0.2, 0) is 4.79 Å². The molecule has 0 spiro atoms. The molecule has 4 rings (SSSR count). The van der Waals surface area contributed by atoms with Crippen molar-refractivity contribution in [3.05, 3.63) is 65.2 Å². The SMILES string of the molecule is O=C(Nc1ccccc1Cl)C1CCCCN1[C@@H]1CCCC[C@@H]1c1ccccc1. The maximum atomic E-state index is 13.2. The number of carbonyl (C=O) groups is 1. The molecule has 1 unspecified atom stereocenters. The molecule has 2 aromatic rings. The van der Waals surface area contributed by atoms with Gasteiger partial charge in [0.1, 0.15) is 0 Å². The van der Waals surface area contributed by atoms with Crippen LogP contribution in [-0.4, -0.2) is 29.4 Å². The molecule has 0 radical (unpaired) electrons. The molecule has 1 saturated heterocycles. The van der Waals surface area contributed by atoms with Crippen LogP contribution in [0.2, 0.25) is 5.02 Å². The predicted octanol–water partition coefficient (Wildman–Crippen LogP) is 5.86. The average molecular weight is 397 g/mol. The number of nitrogens with one attached hydrogen (secondary N) is 1. The highest BCUT2D eigenvalue weighted by atomic mass is 35.5. The fourth-order valence-corrected chi connectivity index (χ4v) is 5.19. The molecule has 1 heterocycles. The first-order valence-corrected chi connectivity index (χ1v) is 11.0. The van der Waals surface area contributed by atoms with Gasteiger partial charge in [0, 0.05) is 6.04 Å². The van der Waals surface area contributed by atoms with Crippen molar-refractivity contribution in [1.29, 1.82) is 0 Å². The number of amides is 1. The van der Waals surface area contributed by atoms with Gasteiger partial charge in [-0.15, -0.1) is 0 Å². The minimum absolute atomic E-state index is 0.0701. The van der Waals surface area contributed by atoms with Crippen molar-refractivity contribution in [2.24, 2.45) is 0 Å². The number of anilines is 1. The third-order valence-electron chi connectivity index (χ3n) is 6.36. The van der Waals surface area contributed by atoms with Crippen molar-refractivity contribution in [2.75, 3.05) is 11.9 Å². The second kappa shape index (κ2) is 9.11. The van der Waals surface area contributed by atoms with Gasteiger partial charge >= 0.3 is 0 Å². The average Bonchev–Trinajstić information content (AvgIpc) is 2.76. The van der Waals surface area contributed by atoms with Crippen molar-refractivity contribution in [2.45, 2.75) is 62.9 Å². The minimum atomic E-state index is -0.0701. The largest absolute Gasteiger partial charge is 0.323 e. The lowest BCUT2D eigenvalue weighted by Crippen LogP contribution is -2.54. The molecule has 0 bridgehead atoms. The third kappa shape index (κ3) is 4.26. The van der Waals surface area contributed by atoms with Gasteiger partial charge in [0.05, 0.1) is 16.8 Å². The Hall–Kier alpha value is -1.84. The van der Waals surface area contributed by atoms with Crippen LogP contribution in [0, 0.1) is 0 Å². The van der Waals surface area contributed by atoms with Gasteiger partial charge in [0.25, 0.3) is 0 Å². The van der Waals surface area contributed by atoms with E-state index in [-0.39, 0.29) is 11.9 Å². The Labute approximate surface area is 173 Å². The van der Waals surface area contributed by atoms with Crippen LogP contribution in [0.1, 0.15) is 56.4 Å². The van der Waals surface area contributed by atoms with Gasteiger partial charge in [0.2, 0.25) is 5.91 Å². The first-order valence-electron chi connectivity index (χ1n) is 10.6. The monoisotopic (exact) mass is 396 g/mol. The summed E-state index contributed by atoms with van der Waals surface area (Å²) in [7, 11) is 0. The number of para-hydroxylation sites is 1. The molecular formula is C24H29ClN2O. The van der Waals surface area contributed by atoms with Gasteiger partial charge in [-0.3, -0.25) is 9.69 Å². The molecule has 148 valence electrons. The van der Waals surface area contributed by atoms with E-state index in [9.17, 15) is 4.79 Å². The Bertz CT molecular complexity index is 794. The summed E-state index contributed by atoms with van der Waals surface area (Å²) >= 11 is 6.27. The molecule has 1 aliphatic heterocycles. The van der Waals surface area contributed by atoms with Crippen LogP contribution in [0.15, 0.2) is 54.6 Å². The zero-order valence-electron chi connectivity index (χ0n) is 16.3. The Morgan fingerprint density at radius 3 is 2.43 bits per heavy atom. The van der Waals surface area contributed by atoms with E-state index >= 15 is 0 Å². The Morgan fingerprint density at radius 2 is 1.61 bits per heavy atom. The standard InChI is InChI=1S/C24H29ClN2O/c25-20-13-5-6-14-21(20)26-24(28)23-16-8-9-17-27(23)22-15-7-4-12-19(22)18-10-2-1-3-11-18/h1-3,5-6,10-11,13-14,19,22-23H,4,7-9,12,15-17H2,(H,26,28)/t19-,22-,23?/m1/s1. The maximum absolute atomic E-state index is 13.2. The smallest absolute Gasteiger partial charge is 0.241 e. The zero-order valence-corrected chi connectivity index (χ0v) is 17.1. The molecule has 3 atom stereocenters. The van der Waals surface area contributed by atoms with Gasteiger partial charge in [-0.05, 0) is 55.8 Å². The Balaban J connectivity index is 1.55. The third-order valence-corrected chi connectivity index (χ3v) is 6.69. The topological polar surface area (TPSA) is 32.3 Å². The summed E-state index contributed by atoms with van der Waals surface area (Å²) in [6.07, 6.45) is 8.13. The van der Waals surface area contributed by atoms with E-state index in [1.807, 2.05) is 24.3 Å². The van der Waals surface area contributed by atoms with Crippen LogP contribution >= 0.6 is 11.6 Å². The Morgan fingerprint density at radius 1 is 0.893 bits per heavy atom. The highest BCUT2D eigenvalue weighted by molar-refractivity contribution is 6.33. The van der Waals surface area contributed by atoms with Gasteiger partial charge in [-0.1, -0.05) is 73.3 Å². The van der Waals surface area contributed by atoms with E-state index in [0.717, 1.165) is 19.4 Å². The number of piperidine rings is 1. The fourth-order valence-electron chi connectivity index (χ4n) is 5.01. The molecule has 1 amide bonds. The van der Waals surface area contributed by atoms with E-state index in [0.29, 0.717) is 22.7 Å². The maximum Gasteiger partial charge on any atom is 0.241 e. The number of rotatable bonds is 4. The van der Waals surface area contributed by atoms with Gasteiger partial charge in [-0.2, -0.15) is 0 Å². The van der Waals surface area contributed by atoms with E-state index in [1.54, 1.807) is 0 Å². The highest BCUT2D eigenvalue weighted by Gasteiger charge is 2.38. The number of hydrogen-bond donors (Lipinski definition) is 1. The molecule has 2 aliphatic rings. The van der Waals surface area contributed by atoms with Crippen molar-refractivity contribution in [3.8, 4) is 0 Å².